The summed E-state index contributed by atoms with van der Waals surface area (Å²) in [6.07, 6.45) is 1.29. The lowest BCUT2D eigenvalue weighted by atomic mass is 10.3. The Morgan fingerprint density at radius 3 is 2.76 bits per heavy atom. The molecule has 0 aliphatic carbocycles. The Hall–Kier alpha value is -1.99. The number of benzene rings is 1. The van der Waals surface area contributed by atoms with Crippen molar-refractivity contribution in [2.24, 2.45) is 0 Å². The van der Waals surface area contributed by atoms with E-state index in [1.54, 1.807) is 6.92 Å². The number of nitrogens with two attached hydrogens (primary N) is 1. The molecule has 0 unspecified atom stereocenters. The molecule has 0 fully saturated rings. The zero-order valence-electron chi connectivity index (χ0n) is 11.2. The van der Waals surface area contributed by atoms with Crippen LogP contribution < -0.4 is 11.1 Å². The van der Waals surface area contributed by atoms with E-state index in [9.17, 15) is 13.2 Å². The van der Waals surface area contributed by atoms with E-state index in [0.29, 0.717) is 6.54 Å². The van der Waals surface area contributed by atoms with Gasteiger partial charge in [-0.3, -0.25) is 4.79 Å². The fraction of sp³-hybridized carbons (Fsp3) is 0.154. The maximum Gasteiger partial charge on any atom is 0.270 e. The van der Waals surface area contributed by atoms with Gasteiger partial charge in [-0.05, 0) is 37.3 Å². The van der Waals surface area contributed by atoms with E-state index in [1.807, 2.05) is 0 Å². The van der Waals surface area contributed by atoms with Crippen molar-refractivity contribution in [1.29, 1.82) is 0 Å². The lowest BCUT2D eigenvalue weighted by Crippen LogP contribution is -2.27. The molecule has 0 bridgehead atoms. The molecule has 0 aliphatic rings. The lowest BCUT2D eigenvalue weighted by molar-refractivity contribution is 0.0950. The molecular weight excluding hydrogens is 314 g/mol. The lowest BCUT2D eigenvalue weighted by Gasteiger charge is -2.12. The Morgan fingerprint density at radius 2 is 2.10 bits per heavy atom. The van der Waals surface area contributed by atoms with Gasteiger partial charge >= 0.3 is 0 Å². The number of amides is 1. The van der Waals surface area contributed by atoms with Crippen LogP contribution in [0, 0.1) is 0 Å². The molecule has 0 spiro atoms. The highest BCUT2D eigenvalue weighted by atomic mass is 35.5. The number of halogens is 1. The minimum atomic E-state index is -4.00. The molecule has 2 rings (SSSR count). The van der Waals surface area contributed by atoms with E-state index in [2.05, 4.69) is 5.32 Å². The highest BCUT2D eigenvalue weighted by molar-refractivity contribution is 7.90. The SMILES string of the molecule is CCNC(=O)c1cccn1S(=O)(=O)c1cc(Cl)ccc1N. The molecule has 1 amide bonds. The van der Waals surface area contributed by atoms with Gasteiger partial charge in [-0.1, -0.05) is 11.6 Å². The summed E-state index contributed by atoms with van der Waals surface area (Å²) in [5.41, 5.74) is 5.79. The van der Waals surface area contributed by atoms with Crippen LogP contribution in [0.5, 0.6) is 0 Å². The molecule has 6 nitrogen and oxygen atoms in total. The predicted octanol–water partition coefficient (Wildman–Crippen LogP) is 1.71. The highest BCUT2D eigenvalue weighted by Gasteiger charge is 2.24. The second-order valence-corrected chi connectivity index (χ2v) is 6.46. The van der Waals surface area contributed by atoms with Crippen molar-refractivity contribution in [3.05, 3.63) is 47.2 Å². The minimum Gasteiger partial charge on any atom is -0.398 e. The summed E-state index contributed by atoms with van der Waals surface area (Å²) in [4.78, 5) is 11.8. The van der Waals surface area contributed by atoms with Gasteiger partial charge in [-0.25, -0.2) is 12.4 Å². The largest absolute Gasteiger partial charge is 0.398 e. The average molecular weight is 328 g/mol. The van der Waals surface area contributed by atoms with Crippen molar-refractivity contribution >= 4 is 33.2 Å². The van der Waals surface area contributed by atoms with E-state index >= 15 is 0 Å². The number of carbonyl (C=O) groups excluding carboxylic acids is 1. The predicted molar refractivity (Wildman–Crippen MR) is 80.9 cm³/mol. The summed E-state index contributed by atoms with van der Waals surface area (Å²) in [6, 6.07) is 7.06. The van der Waals surface area contributed by atoms with Crippen LogP contribution in [-0.2, 0) is 10.0 Å². The monoisotopic (exact) mass is 327 g/mol. The smallest absolute Gasteiger partial charge is 0.270 e. The van der Waals surface area contributed by atoms with Crippen LogP contribution in [0.4, 0.5) is 5.69 Å². The van der Waals surface area contributed by atoms with Gasteiger partial charge in [0.15, 0.2) is 0 Å². The molecule has 1 heterocycles. The molecule has 8 heteroatoms. The maximum absolute atomic E-state index is 12.6. The third kappa shape index (κ3) is 2.88. The second kappa shape index (κ2) is 5.79. The van der Waals surface area contributed by atoms with Crippen LogP contribution in [0.3, 0.4) is 0 Å². The fourth-order valence-corrected chi connectivity index (χ4v) is 3.56. The molecule has 112 valence electrons. The summed E-state index contributed by atoms with van der Waals surface area (Å²) >= 11 is 5.83. The molecule has 0 saturated carbocycles. The number of aromatic nitrogens is 1. The highest BCUT2D eigenvalue weighted by Crippen LogP contribution is 2.25. The molecule has 1 aromatic heterocycles. The summed E-state index contributed by atoms with van der Waals surface area (Å²) in [5.74, 6) is -0.480. The number of rotatable bonds is 4. The van der Waals surface area contributed by atoms with Crippen molar-refractivity contribution in [1.82, 2.24) is 9.29 Å². The Morgan fingerprint density at radius 1 is 1.38 bits per heavy atom. The first-order valence-corrected chi connectivity index (χ1v) is 7.96. The molecule has 3 N–H and O–H groups in total. The van der Waals surface area contributed by atoms with E-state index in [4.69, 9.17) is 17.3 Å². The van der Waals surface area contributed by atoms with Crippen LogP contribution in [0.1, 0.15) is 17.4 Å². The second-order valence-electron chi connectivity index (χ2n) is 4.24. The minimum absolute atomic E-state index is 0.0104. The standard InChI is InChI=1S/C13H14ClN3O3S/c1-2-16-13(18)11-4-3-7-17(11)21(19,20)12-8-9(14)5-6-10(12)15/h3-8H,2,15H2,1H3,(H,16,18). The van der Waals surface area contributed by atoms with E-state index in [-0.39, 0.29) is 21.3 Å². The third-order valence-electron chi connectivity index (χ3n) is 2.80. The van der Waals surface area contributed by atoms with Crippen molar-refractivity contribution in [3.8, 4) is 0 Å². The first-order chi connectivity index (χ1) is 9.87. The zero-order valence-corrected chi connectivity index (χ0v) is 12.8. The molecular formula is C13H14ClN3O3S. The summed E-state index contributed by atoms with van der Waals surface area (Å²) in [5, 5.41) is 2.80. The van der Waals surface area contributed by atoms with Crippen LogP contribution >= 0.6 is 11.6 Å². The molecule has 2 aromatic rings. The third-order valence-corrected chi connectivity index (χ3v) is 4.78. The Labute approximate surface area is 127 Å². The van der Waals surface area contributed by atoms with Gasteiger partial charge in [0.05, 0.1) is 5.69 Å². The van der Waals surface area contributed by atoms with Gasteiger partial charge < -0.3 is 11.1 Å². The van der Waals surface area contributed by atoms with Gasteiger partial charge in [-0.2, -0.15) is 0 Å². The Kier molecular flexibility index (Phi) is 4.24. The maximum atomic E-state index is 12.6. The van der Waals surface area contributed by atoms with Crippen LogP contribution in [0.2, 0.25) is 5.02 Å². The van der Waals surface area contributed by atoms with Crippen molar-refractivity contribution in [3.63, 3.8) is 0 Å². The average Bonchev–Trinajstić information content (AvgIpc) is 2.92. The molecule has 0 radical (unpaired) electrons. The van der Waals surface area contributed by atoms with Gasteiger partial charge in [0.1, 0.15) is 10.6 Å². The van der Waals surface area contributed by atoms with Gasteiger partial charge in [0.25, 0.3) is 15.9 Å². The normalized spacial score (nSPS) is 11.3. The quantitative estimate of drug-likeness (QED) is 0.836. The molecule has 21 heavy (non-hydrogen) atoms. The number of nitrogens with one attached hydrogen (secondary N) is 1. The fourth-order valence-electron chi connectivity index (χ4n) is 1.84. The topological polar surface area (TPSA) is 94.2 Å². The number of anilines is 1. The molecule has 0 aliphatic heterocycles. The summed E-state index contributed by atoms with van der Waals surface area (Å²) in [7, 11) is -4.00. The number of hydrogen-bond donors (Lipinski definition) is 2. The molecule has 0 saturated heterocycles. The van der Waals surface area contributed by atoms with Gasteiger partial charge in [0, 0.05) is 17.8 Å². The van der Waals surface area contributed by atoms with Crippen molar-refractivity contribution in [2.75, 3.05) is 12.3 Å². The van der Waals surface area contributed by atoms with Crippen molar-refractivity contribution < 1.29 is 13.2 Å². The van der Waals surface area contributed by atoms with Crippen LogP contribution in [0.25, 0.3) is 0 Å². The number of nitrogens with zero attached hydrogens (tertiary/aromatic N) is 1. The van der Waals surface area contributed by atoms with Gasteiger partial charge in [0.2, 0.25) is 0 Å². The first kappa shape index (κ1) is 15.4. The molecule has 1 aromatic carbocycles. The summed E-state index contributed by atoms with van der Waals surface area (Å²) in [6.45, 7) is 2.14. The Balaban J connectivity index is 2.58. The van der Waals surface area contributed by atoms with E-state index < -0.39 is 15.9 Å². The summed E-state index contributed by atoms with van der Waals surface area (Å²) < 4.78 is 26.2. The van der Waals surface area contributed by atoms with E-state index in [0.717, 1.165) is 3.97 Å². The first-order valence-electron chi connectivity index (χ1n) is 6.14. The number of nitrogen functional groups attached to an aromatic ring is 1. The van der Waals surface area contributed by atoms with Crippen LogP contribution in [-0.4, -0.2) is 24.8 Å². The van der Waals surface area contributed by atoms with E-state index in [1.165, 1.54) is 36.5 Å². The van der Waals surface area contributed by atoms with Crippen LogP contribution in [0.15, 0.2) is 41.4 Å². The van der Waals surface area contributed by atoms with Gasteiger partial charge in [-0.15, -0.1) is 0 Å². The number of hydrogen-bond acceptors (Lipinski definition) is 4. The number of carbonyl (C=O) groups is 1. The molecule has 0 atom stereocenters. The zero-order chi connectivity index (χ0) is 15.6. The van der Waals surface area contributed by atoms with Crippen molar-refractivity contribution in [2.45, 2.75) is 11.8 Å². The Bertz CT molecular complexity index is 784.